The standard InChI is InChI=1S/C20H20N2O2/c1-12-4-7-15(8-5-12)20-17-11-24-18-9-6-13(2)10-16(18)19(17)21-22(20)14(3)23/h4-10,17,20H,11H2,1-3H3/t17-,20+/m1/s1. The Morgan fingerprint density at radius 2 is 1.83 bits per heavy atom. The second-order valence-corrected chi connectivity index (χ2v) is 6.62. The quantitative estimate of drug-likeness (QED) is 0.805. The van der Waals surface area contributed by atoms with Crippen molar-refractivity contribution >= 4 is 11.6 Å². The summed E-state index contributed by atoms with van der Waals surface area (Å²) in [5, 5.41) is 6.31. The Labute approximate surface area is 141 Å². The Hall–Kier alpha value is -2.62. The van der Waals surface area contributed by atoms with Crippen LogP contribution in [0.5, 0.6) is 5.75 Å². The zero-order valence-electron chi connectivity index (χ0n) is 14.1. The van der Waals surface area contributed by atoms with Crippen LogP contribution in [-0.4, -0.2) is 23.2 Å². The van der Waals surface area contributed by atoms with Gasteiger partial charge in [0.25, 0.3) is 0 Å². The van der Waals surface area contributed by atoms with E-state index in [-0.39, 0.29) is 17.9 Å². The van der Waals surface area contributed by atoms with E-state index < -0.39 is 0 Å². The van der Waals surface area contributed by atoms with Crippen molar-refractivity contribution in [2.24, 2.45) is 11.0 Å². The summed E-state index contributed by atoms with van der Waals surface area (Å²) in [6.07, 6.45) is 0. The van der Waals surface area contributed by atoms with Crippen molar-refractivity contribution in [1.82, 2.24) is 5.01 Å². The fourth-order valence-corrected chi connectivity index (χ4v) is 3.55. The highest BCUT2D eigenvalue weighted by molar-refractivity contribution is 6.07. The molecule has 2 heterocycles. The predicted molar refractivity (Wildman–Crippen MR) is 93.1 cm³/mol. The van der Waals surface area contributed by atoms with Gasteiger partial charge >= 0.3 is 0 Å². The van der Waals surface area contributed by atoms with Gasteiger partial charge in [0.05, 0.1) is 24.3 Å². The first-order valence-electron chi connectivity index (χ1n) is 8.23. The maximum Gasteiger partial charge on any atom is 0.240 e. The molecular formula is C20H20N2O2. The average Bonchev–Trinajstić information content (AvgIpc) is 2.96. The number of carbonyl (C=O) groups excluding carboxylic acids is 1. The molecule has 4 rings (SSSR count). The fraction of sp³-hybridized carbons (Fsp3) is 0.300. The molecule has 2 aliphatic rings. The van der Waals surface area contributed by atoms with E-state index in [0.717, 1.165) is 28.2 Å². The third-order valence-corrected chi connectivity index (χ3v) is 4.78. The van der Waals surface area contributed by atoms with E-state index in [1.807, 2.05) is 12.1 Å². The van der Waals surface area contributed by atoms with Crippen LogP contribution in [0.2, 0.25) is 0 Å². The molecule has 0 bridgehead atoms. The van der Waals surface area contributed by atoms with Crippen LogP contribution in [0.3, 0.4) is 0 Å². The number of amides is 1. The van der Waals surface area contributed by atoms with Gasteiger partial charge in [-0.25, -0.2) is 5.01 Å². The van der Waals surface area contributed by atoms with E-state index in [1.54, 1.807) is 11.9 Å². The summed E-state index contributed by atoms with van der Waals surface area (Å²) in [5.41, 5.74) is 5.43. The Morgan fingerprint density at radius 3 is 2.54 bits per heavy atom. The minimum Gasteiger partial charge on any atom is -0.492 e. The van der Waals surface area contributed by atoms with Crippen molar-refractivity contribution in [2.75, 3.05) is 6.61 Å². The Balaban J connectivity index is 1.81. The van der Waals surface area contributed by atoms with Gasteiger partial charge < -0.3 is 4.74 Å². The van der Waals surface area contributed by atoms with Gasteiger partial charge in [0.15, 0.2) is 0 Å². The molecule has 0 radical (unpaired) electrons. The van der Waals surface area contributed by atoms with E-state index >= 15 is 0 Å². The van der Waals surface area contributed by atoms with Gasteiger partial charge in [-0.2, -0.15) is 5.10 Å². The molecule has 2 atom stereocenters. The average molecular weight is 320 g/mol. The second-order valence-electron chi connectivity index (χ2n) is 6.62. The zero-order valence-corrected chi connectivity index (χ0v) is 14.1. The number of benzene rings is 2. The normalized spacial score (nSPS) is 21.6. The van der Waals surface area contributed by atoms with Gasteiger partial charge in [0, 0.05) is 12.5 Å². The van der Waals surface area contributed by atoms with Gasteiger partial charge in [-0.1, -0.05) is 41.5 Å². The molecule has 0 spiro atoms. The Bertz CT molecular complexity index is 839. The van der Waals surface area contributed by atoms with E-state index in [4.69, 9.17) is 9.84 Å². The van der Waals surface area contributed by atoms with Crippen LogP contribution < -0.4 is 4.74 Å². The molecule has 0 unspecified atom stereocenters. The minimum atomic E-state index is -0.105. The highest BCUT2D eigenvalue weighted by atomic mass is 16.5. The van der Waals surface area contributed by atoms with E-state index in [1.165, 1.54) is 5.56 Å². The summed E-state index contributed by atoms with van der Waals surface area (Å²) in [6, 6.07) is 14.3. The summed E-state index contributed by atoms with van der Waals surface area (Å²) >= 11 is 0. The number of rotatable bonds is 1. The van der Waals surface area contributed by atoms with Crippen LogP contribution in [0.25, 0.3) is 0 Å². The number of hydrogen-bond donors (Lipinski definition) is 0. The van der Waals surface area contributed by atoms with Crippen LogP contribution in [-0.2, 0) is 4.79 Å². The molecule has 0 saturated carbocycles. The SMILES string of the molecule is CC(=O)N1N=C2c3cc(C)ccc3OC[C@H]2[C@@H]1c1ccc(C)cc1. The van der Waals surface area contributed by atoms with Gasteiger partial charge in [-0.3, -0.25) is 4.79 Å². The molecular weight excluding hydrogens is 300 g/mol. The van der Waals surface area contributed by atoms with Crippen LogP contribution >= 0.6 is 0 Å². The molecule has 2 aliphatic heterocycles. The molecule has 0 saturated heterocycles. The Kier molecular flexibility index (Phi) is 3.41. The fourth-order valence-electron chi connectivity index (χ4n) is 3.55. The van der Waals surface area contributed by atoms with Crippen LogP contribution in [0.1, 0.15) is 35.2 Å². The summed E-state index contributed by atoms with van der Waals surface area (Å²) in [4.78, 5) is 12.2. The van der Waals surface area contributed by atoms with Gasteiger partial charge in [0.1, 0.15) is 5.75 Å². The Morgan fingerprint density at radius 1 is 1.12 bits per heavy atom. The van der Waals surface area contributed by atoms with E-state index in [2.05, 4.69) is 44.2 Å². The third-order valence-electron chi connectivity index (χ3n) is 4.78. The minimum absolute atomic E-state index is 0.0447. The molecule has 0 N–H and O–H groups in total. The molecule has 2 aromatic rings. The largest absolute Gasteiger partial charge is 0.492 e. The summed E-state index contributed by atoms with van der Waals surface area (Å²) < 4.78 is 5.98. The summed E-state index contributed by atoms with van der Waals surface area (Å²) in [5.74, 6) is 0.867. The molecule has 122 valence electrons. The molecule has 0 fully saturated rings. The van der Waals surface area contributed by atoms with Gasteiger partial charge in [-0.05, 0) is 31.5 Å². The molecule has 24 heavy (non-hydrogen) atoms. The zero-order chi connectivity index (χ0) is 16.8. The number of nitrogens with zero attached hydrogens (tertiary/aromatic N) is 2. The first kappa shape index (κ1) is 14.9. The van der Waals surface area contributed by atoms with Crippen molar-refractivity contribution in [3.63, 3.8) is 0 Å². The first-order chi connectivity index (χ1) is 11.5. The monoisotopic (exact) mass is 320 g/mol. The van der Waals surface area contributed by atoms with Crippen LogP contribution in [0.15, 0.2) is 47.6 Å². The molecule has 2 aromatic carbocycles. The van der Waals surface area contributed by atoms with Crippen molar-refractivity contribution < 1.29 is 9.53 Å². The lowest BCUT2D eigenvalue weighted by Crippen LogP contribution is -2.34. The number of aryl methyl sites for hydroxylation is 2. The smallest absolute Gasteiger partial charge is 0.240 e. The van der Waals surface area contributed by atoms with Crippen molar-refractivity contribution in [3.05, 3.63) is 64.7 Å². The van der Waals surface area contributed by atoms with Gasteiger partial charge in [0.2, 0.25) is 5.91 Å². The third kappa shape index (κ3) is 2.30. The van der Waals surface area contributed by atoms with Crippen molar-refractivity contribution in [2.45, 2.75) is 26.8 Å². The maximum atomic E-state index is 12.2. The van der Waals surface area contributed by atoms with Crippen molar-refractivity contribution in [3.8, 4) is 5.75 Å². The number of fused-ring (bicyclic) bond motifs is 3. The summed E-state index contributed by atoms with van der Waals surface area (Å²) in [6.45, 7) is 6.23. The van der Waals surface area contributed by atoms with Crippen LogP contribution in [0.4, 0.5) is 0 Å². The highest BCUT2D eigenvalue weighted by Crippen LogP contribution is 2.42. The maximum absolute atomic E-state index is 12.2. The molecule has 0 aromatic heterocycles. The first-order valence-corrected chi connectivity index (χ1v) is 8.23. The second kappa shape index (κ2) is 5.48. The topological polar surface area (TPSA) is 41.9 Å². The van der Waals surface area contributed by atoms with Crippen LogP contribution in [0, 0.1) is 19.8 Å². The lowest BCUT2D eigenvalue weighted by Gasteiger charge is -2.29. The van der Waals surface area contributed by atoms with Crippen molar-refractivity contribution in [1.29, 1.82) is 0 Å². The lowest BCUT2D eigenvalue weighted by atomic mass is 9.85. The van der Waals surface area contributed by atoms with E-state index in [9.17, 15) is 4.79 Å². The molecule has 4 nitrogen and oxygen atoms in total. The molecule has 1 amide bonds. The predicted octanol–water partition coefficient (Wildman–Crippen LogP) is 3.62. The molecule has 4 heteroatoms. The summed E-state index contributed by atoms with van der Waals surface area (Å²) in [7, 11) is 0. The lowest BCUT2D eigenvalue weighted by molar-refractivity contribution is -0.131. The van der Waals surface area contributed by atoms with Gasteiger partial charge in [-0.15, -0.1) is 0 Å². The number of carbonyl (C=O) groups is 1. The highest BCUT2D eigenvalue weighted by Gasteiger charge is 2.44. The number of hydrazone groups is 1. The number of ether oxygens (including phenoxy) is 1. The number of hydrogen-bond acceptors (Lipinski definition) is 3. The van der Waals surface area contributed by atoms with E-state index in [0.29, 0.717) is 6.61 Å². The molecule has 0 aliphatic carbocycles.